The first-order chi connectivity index (χ1) is 10.5. The molecule has 0 spiro atoms. The zero-order valence-corrected chi connectivity index (χ0v) is 12.6. The maximum absolute atomic E-state index is 12.7. The minimum atomic E-state index is -1.08. The number of carbonyl (C=O) groups is 2. The fourth-order valence-electron chi connectivity index (χ4n) is 2.67. The topological polar surface area (TPSA) is 82.6 Å². The number of H-pyrrole nitrogens is 1. The molecule has 2 N–H and O–H groups in total. The van der Waals surface area contributed by atoms with Crippen LogP contribution in [-0.4, -0.2) is 52.2 Å². The van der Waals surface area contributed by atoms with Gasteiger partial charge in [0, 0.05) is 17.4 Å². The number of nitrogens with zero attached hydrogens (tertiary/aromatic N) is 1. The molecular weight excluding hydrogens is 308 g/mol. The summed E-state index contributed by atoms with van der Waals surface area (Å²) >= 11 is 6.28. The van der Waals surface area contributed by atoms with Gasteiger partial charge in [-0.2, -0.15) is 0 Å². The fourth-order valence-corrected chi connectivity index (χ4v) is 2.96. The molecule has 7 heteroatoms. The third-order valence-corrected chi connectivity index (χ3v) is 4.07. The van der Waals surface area contributed by atoms with Gasteiger partial charge in [-0.25, -0.2) is 4.79 Å². The highest BCUT2D eigenvalue weighted by atomic mass is 35.5. The Bertz CT molecular complexity index is 742. The predicted molar refractivity (Wildman–Crippen MR) is 81.2 cm³/mol. The number of carboxylic acids is 1. The number of carbonyl (C=O) groups excluding carboxylic acids is 1. The molecule has 6 nitrogen and oxygen atoms in total. The minimum Gasteiger partial charge on any atom is -0.479 e. The largest absolute Gasteiger partial charge is 0.479 e. The SMILES string of the molecule is C[C@@H]1CN(C(=O)c2[nH]c3ccccc3c2Cl)CC(C(=O)O)O1. The molecule has 2 heterocycles. The summed E-state index contributed by atoms with van der Waals surface area (Å²) in [5.41, 5.74) is 1.05. The van der Waals surface area contributed by atoms with Crippen molar-refractivity contribution in [2.45, 2.75) is 19.1 Å². The number of rotatable bonds is 2. The third-order valence-electron chi connectivity index (χ3n) is 3.68. The van der Waals surface area contributed by atoms with Crippen molar-refractivity contribution in [1.29, 1.82) is 0 Å². The van der Waals surface area contributed by atoms with Gasteiger partial charge in [0.2, 0.25) is 0 Å². The molecule has 1 aromatic carbocycles. The van der Waals surface area contributed by atoms with E-state index in [0.717, 1.165) is 10.9 Å². The van der Waals surface area contributed by atoms with Crippen LogP contribution in [0.15, 0.2) is 24.3 Å². The van der Waals surface area contributed by atoms with Crippen LogP contribution in [0.2, 0.25) is 5.02 Å². The Morgan fingerprint density at radius 3 is 2.77 bits per heavy atom. The molecule has 1 aromatic heterocycles. The molecule has 1 saturated heterocycles. The van der Waals surface area contributed by atoms with Gasteiger partial charge in [0.1, 0.15) is 5.69 Å². The number of benzene rings is 1. The van der Waals surface area contributed by atoms with Gasteiger partial charge >= 0.3 is 5.97 Å². The lowest BCUT2D eigenvalue weighted by Crippen LogP contribution is -2.51. The molecule has 2 atom stereocenters. The van der Waals surface area contributed by atoms with E-state index < -0.39 is 12.1 Å². The molecule has 1 fully saturated rings. The van der Waals surface area contributed by atoms with Crippen LogP contribution in [0, 0.1) is 0 Å². The van der Waals surface area contributed by atoms with Crippen LogP contribution in [0.4, 0.5) is 0 Å². The summed E-state index contributed by atoms with van der Waals surface area (Å²) in [5.74, 6) is -1.39. The Balaban J connectivity index is 1.91. The number of halogens is 1. The average molecular weight is 323 g/mol. The molecule has 0 saturated carbocycles. The number of hydrogen-bond acceptors (Lipinski definition) is 3. The number of para-hydroxylation sites is 1. The molecule has 1 amide bonds. The van der Waals surface area contributed by atoms with Crippen LogP contribution in [0.5, 0.6) is 0 Å². The van der Waals surface area contributed by atoms with E-state index in [1.807, 2.05) is 24.3 Å². The number of aliphatic carboxylic acids is 1. The van der Waals surface area contributed by atoms with Gasteiger partial charge in [-0.15, -0.1) is 0 Å². The molecule has 0 bridgehead atoms. The quantitative estimate of drug-likeness (QED) is 0.887. The van der Waals surface area contributed by atoms with Crippen molar-refractivity contribution in [3.05, 3.63) is 35.0 Å². The number of amides is 1. The highest BCUT2D eigenvalue weighted by Gasteiger charge is 2.34. The van der Waals surface area contributed by atoms with E-state index in [1.54, 1.807) is 6.92 Å². The van der Waals surface area contributed by atoms with Crippen molar-refractivity contribution in [2.75, 3.05) is 13.1 Å². The van der Waals surface area contributed by atoms with Gasteiger partial charge in [-0.1, -0.05) is 29.8 Å². The van der Waals surface area contributed by atoms with Crippen LogP contribution in [0.1, 0.15) is 17.4 Å². The number of aromatic amines is 1. The van der Waals surface area contributed by atoms with Crippen LogP contribution < -0.4 is 0 Å². The second-order valence-electron chi connectivity index (χ2n) is 5.34. The second kappa shape index (κ2) is 5.62. The Labute approximate surface area is 131 Å². The minimum absolute atomic E-state index is 0.00417. The number of carboxylic acid groups (broad SMARTS) is 1. The first-order valence-electron chi connectivity index (χ1n) is 6.91. The van der Waals surface area contributed by atoms with Crippen LogP contribution in [0.3, 0.4) is 0 Å². The summed E-state index contributed by atoms with van der Waals surface area (Å²) in [6.45, 7) is 2.07. The molecular formula is C15H15ClN2O4. The molecule has 22 heavy (non-hydrogen) atoms. The van der Waals surface area contributed by atoms with E-state index in [4.69, 9.17) is 21.4 Å². The van der Waals surface area contributed by atoms with Crippen LogP contribution in [-0.2, 0) is 9.53 Å². The van der Waals surface area contributed by atoms with Crippen molar-refractivity contribution in [3.8, 4) is 0 Å². The molecule has 3 rings (SSSR count). The van der Waals surface area contributed by atoms with Crippen molar-refractivity contribution in [1.82, 2.24) is 9.88 Å². The van der Waals surface area contributed by atoms with Crippen molar-refractivity contribution >= 4 is 34.4 Å². The van der Waals surface area contributed by atoms with Crippen LogP contribution >= 0.6 is 11.6 Å². The number of aromatic nitrogens is 1. The standard InChI is InChI=1S/C15H15ClN2O4/c1-8-6-18(7-11(22-8)15(20)21)14(19)13-12(16)9-4-2-3-5-10(9)17-13/h2-5,8,11,17H,6-7H2,1H3,(H,20,21)/t8-,11?/m1/s1. The summed E-state index contributed by atoms with van der Waals surface area (Å²) in [6, 6.07) is 7.35. The molecule has 1 aliphatic rings. The monoisotopic (exact) mass is 322 g/mol. The smallest absolute Gasteiger partial charge is 0.334 e. The number of ether oxygens (including phenoxy) is 1. The summed E-state index contributed by atoms with van der Waals surface area (Å²) in [6.07, 6.45) is -1.36. The van der Waals surface area contributed by atoms with Crippen molar-refractivity contribution in [3.63, 3.8) is 0 Å². The van der Waals surface area contributed by atoms with E-state index in [0.29, 0.717) is 11.6 Å². The van der Waals surface area contributed by atoms with E-state index in [-0.39, 0.29) is 24.2 Å². The lowest BCUT2D eigenvalue weighted by Gasteiger charge is -2.34. The van der Waals surface area contributed by atoms with E-state index >= 15 is 0 Å². The maximum atomic E-state index is 12.7. The van der Waals surface area contributed by atoms with E-state index in [1.165, 1.54) is 4.90 Å². The van der Waals surface area contributed by atoms with Gasteiger partial charge in [-0.3, -0.25) is 4.79 Å². The Hall–Kier alpha value is -2.05. The number of hydrogen-bond donors (Lipinski definition) is 2. The molecule has 2 aromatic rings. The predicted octanol–water partition coefficient (Wildman–Crippen LogP) is 2.14. The lowest BCUT2D eigenvalue weighted by molar-refractivity contribution is -0.160. The van der Waals surface area contributed by atoms with E-state index in [2.05, 4.69) is 4.98 Å². The van der Waals surface area contributed by atoms with Gasteiger partial charge in [0.15, 0.2) is 6.10 Å². The van der Waals surface area contributed by atoms with Gasteiger partial charge < -0.3 is 19.7 Å². The zero-order chi connectivity index (χ0) is 15.9. The number of fused-ring (bicyclic) bond motifs is 1. The van der Waals surface area contributed by atoms with Crippen LogP contribution in [0.25, 0.3) is 10.9 Å². The highest BCUT2D eigenvalue weighted by molar-refractivity contribution is 6.38. The molecule has 1 aliphatic heterocycles. The Morgan fingerprint density at radius 2 is 2.09 bits per heavy atom. The average Bonchev–Trinajstić information content (AvgIpc) is 2.83. The number of morpholine rings is 1. The summed E-state index contributed by atoms with van der Waals surface area (Å²) in [5, 5.41) is 10.2. The normalized spacial score (nSPS) is 22.0. The molecule has 0 aliphatic carbocycles. The first kappa shape index (κ1) is 14.9. The van der Waals surface area contributed by atoms with Crippen molar-refractivity contribution < 1.29 is 19.4 Å². The maximum Gasteiger partial charge on any atom is 0.334 e. The Morgan fingerprint density at radius 1 is 1.36 bits per heavy atom. The lowest BCUT2D eigenvalue weighted by atomic mass is 10.2. The number of nitrogens with one attached hydrogen (secondary N) is 1. The van der Waals surface area contributed by atoms with Crippen molar-refractivity contribution in [2.24, 2.45) is 0 Å². The van der Waals surface area contributed by atoms with Gasteiger partial charge in [-0.05, 0) is 13.0 Å². The fraction of sp³-hybridized carbons (Fsp3) is 0.333. The van der Waals surface area contributed by atoms with Gasteiger partial charge in [0.05, 0.1) is 17.7 Å². The molecule has 0 radical (unpaired) electrons. The Kier molecular flexibility index (Phi) is 3.80. The first-order valence-corrected chi connectivity index (χ1v) is 7.29. The summed E-state index contributed by atoms with van der Waals surface area (Å²) < 4.78 is 5.32. The molecule has 1 unspecified atom stereocenters. The summed E-state index contributed by atoms with van der Waals surface area (Å²) in [7, 11) is 0. The zero-order valence-electron chi connectivity index (χ0n) is 11.9. The van der Waals surface area contributed by atoms with Gasteiger partial charge in [0.25, 0.3) is 5.91 Å². The third kappa shape index (κ3) is 2.55. The summed E-state index contributed by atoms with van der Waals surface area (Å²) in [4.78, 5) is 28.3. The highest BCUT2D eigenvalue weighted by Crippen LogP contribution is 2.28. The van der Waals surface area contributed by atoms with E-state index in [9.17, 15) is 9.59 Å². The molecule has 116 valence electrons. The second-order valence-corrected chi connectivity index (χ2v) is 5.72.